The summed E-state index contributed by atoms with van der Waals surface area (Å²) in [6, 6.07) is 0. The number of aryl methyl sites for hydroxylation is 2. The average Bonchev–Trinajstić information content (AvgIpc) is 2.70. The van der Waals surface area contributed by atoms with Crippen LogP contribution >= 0.6 is 0 Å². The van der Waals surface area contributed by atoms with E-state index in [-0.39, 0.29) is 17.5 Å². The first-order chi connectivity index (χ1) is 7.93. The molecule has 0 radical (unpaired) electrons. The molecular weight excluding hydrogens is 222 g/mol. The van der Waals surface area contributed by atoms with Gasteiger partial charge in [0.05, 0.1) is 5.69 Å². The third-order valence-electron chi connectivity index (χ3n) is 2.69. The lowest BCUT2D eigenvalue weighted by Gasteiger charge is -2.04. The molecule has 0 spiro atoms. The molecule has 2 heterocycles. The zero-order chi connectivity index (χ0) is 12.7. The molecule has 0 unspecified atom stereocenters. The number of aromatic nitrogens is 3. The molecule has 92 valence electrons. The molecule has 2 aromatic rings. The van der Waals surface area contributed by atoms with Crippen LogP contribution in [0.15, 0.2) is 9.32 Å². The molecule has 0 aromatic carbocycles. The van der Waals surface area contributed by atoms with E-state index >= 15 is 0 Å². The molecule has 2 N–H and O–H groups in total. The molecule has 2 aromatic heterocycles. The smallest absolute Gasteiger partial charge is 0.333 e. The maximum Gasteiger partial charge on any atom is 0.333 e. The topological polar surface area (TPSA) is 84.0 Å². The normalized spacial score (nSPS) is 11.4. The van der Waals surface area contributed by atoms with Gasteiger partial charge in [0.15, 0.2) is 5.76 Å². The number of nitrogens with one attached hydrogen (secondary N) is 1. The maximum atomic E-state index is 11.8. The molecule has 0 aliphatic rings. The number of hydrogen-bond donors (Lipinski definition) is 2. The van der Waals surface area contributed by atoms with Crippen LogP contribution in [0.3, 0.4) is 0 Å². The summed E-state index contributed by atoms with van der Waals surface area (Å²) in [5.41, 5.74) is 1.18. The summed E-state index contributed by atoms with van der Waals surface area (Å²) in [4.78, 5) is 14.5. The average molecular weight is 237 g/mol. The summed E-state index contributed by atoms with van der Waals surface area (Å²) >= 11 is 0. The first-order valence-electron chi connectivity index (χ1n) is 5.40. The van der Waals surface area contributed by atoms with Gasteiger partial charge in [-0.1, -0.05) is 19.0 Å². The number of aromatic amines is 1. The Morgan fingerprint density at radius 1 is 1.41 bits per heavy atom. The van der Waals surface area contributed by atoms with Gasteiger partial charge in [-0.25, -0.2) is 9.36 Å². The van der Waals surface area contributed by atoms with Crippen LogP contribution < -0.4 is 5.69 Å². The number of rotatable bonds is 2. The lowest BCUT2D eigenvalue weighted by molar-refractivity contribution is 0.391. The molecule has 0 bridgehead atoms. The van der Waals surface area contributed by atoms with Crippen molar-refractivity contribution in [2.24, 2.45) is 0 Å². The fourth-order valence-electron chi connectivity index (χ4n) is 1.85. The summed E-state index contributed by atoms with van der Waals surface area (Å²) in [7, 11) is 0. The van der Waals surface area contributed by atoms with E-state index in [4.69, 9.17) is 4.52 Å². The Morgan fingerprint density at radius 3 is 2.47 bits per heavy atom. The molecule has 6 nitrogen and oxygen atoms in total. The number of imidazole rings is 1. The second-order valence-electron chi connectivity index (χ2n) is 4.33. The first kappa shape index (κ1) is 11.5. The summed E-state index contributed by atoms with van der Waals surface area (Å²) < 4.78 is 6.19. The van der Waals surface area contributed by atoms with Gasteiger partial charge in [-0.15, -0.1) is 0 Å². The minimum absolute atomic E-state index is 0.0319. The number of aromatic hydroxyl groups is 1. The van der Waals surface area contributed by atoms with Gasteiger partial charge < -0.3 is 14.6 Å². The van der Waals surface area contributed by atoms with E-state index in [2.05, 4.69) is 10.1 Å². The second kappa shape index (κ2) is 3.80. The quantitative estimate of drug-likeness (QED) is 0.830. The molecule has 0 atom stereocenters. The van der Waals surface area contributed by atoms with Crippen LogP contribution in [0.5, 0.6) is 5.88 Å². The van der Waals surface area contributed by atoms with Gasteiger partial charge in [-0.3, -0.25) is 0 Å². The van der Waals surface area contributed by atoms with E-state index < -0.39 is 0 Å². The third kappa shape index (κ3) is 1.65. The predicted octanol–water partition coefficient (Wildman–Crippen LogP) is 1.60. The lowest BCUT2D eigenvalue weighted by Crippen LogP contribution is -2.15. The highest BCUT2D eigenvalue weighted by atomic mass is 16.5. The van der Waals surface area contributed by atoms with E-state index in [1.165, 1.54) is 4.57 Å². The highest BCUT2D eigenvalue weighted by Gasteiger charge is 2.21. The Labute approximate surface area is 97.9 Å². The highest BCUT2D eigenvalue weighted by Crippen LogP contribution is 2.27. The molecule has 2 rings (SSSR count). The van der Waals surface area contributed by atoms with E-state index in [0.717, 1.165) is 0 Å². The number of hydrogen-bond acceptors (Lipinski definition) is 4. The minimum atomic E-state index is -0.388. The molecular formula is C11H15N3O3. The monoisotopic (exact) mass is 237 g/mol. The highest BCUT2D eigenvalue weighted by molar-refractivity contribution is 5.43. The van der Waals surface area contributed by atoms with Crippen molar-refractivity contribution in [1.29, 1.82) is 0 Å². The first-order valence-corrected chi connectivity index (χ1v) is 5.40. The van der Waals surface area contributed by atoms with Crippen LogP contribution in [-0.4, -0.2) is 19.8 Å². The zero-order valence-corrected chi connectivity index (χ0v) is 10.2. The van der Waals surface area contributed by atoms with Gasteiger partial charge in [0, 0.05) is 0 Å². The maximum absolute atomic E-state index is 11.8. The third-order valence-corrected chi connectivity index (χ3v) is 2.69. The summed E-state index contributed by atoms with van der Waals surface area (Å²) in [5.74, 6) is 0.443. The van der Waals surface area contributed by atoms with Gasteiger partial charge in [0.25, 0.3) is 0 Å². The molecule has 0 aliphatic carbocycles. The van der Waals surface area contributed by atoms with Crippen LogP contribution in [0, 0.1) is 13.8 Å². The van der Waals surface area contributed by atoms with Crippen molar-refractivity contribution >= 4 is 0 Å². The van der Waals surface area contributed by atoms with Gasteiger partial charge >= 0.3 is 5.69 Å². The molecule has 0 amide bonds. The van der Waals surface area contributed by atoms with Crippen molar-refractivity contribution in [1.82, 2.24) is 14.7 Å². The largest absolute Gasteiger partial charge is 0.493 e. The standard InChI is InChI=1S/C11H15N3O3/c1-5(2)8-10(15)14(11(16)12-8)9-6(3)13-17-7(9)4/h5,15H,1-4H3,(H,12,16). The Kier molecular flexibility index (Phi) is 2.57. The van der Waals surface area contributed by atoms with Crippen molar-refractivity contribution in [3.8, 4) is 11.6 Å². The van der Waals surface area contributed by atoms with Crippen molar-refractivity contribution < 1.29 is 9.63 Å². The summed E-state index contributed by atoms with van der Waals surface area (Å²) in [6.07, 6.45) is 0. The van der Waals surface area contributed by atoms with Crippen molar-refractivity contribution in [3.05, 3.63) is 27.6 Å². The van der Waals surface area contributed by atoms with E-state index in [9.17, 15) is 9.90 Å². The van der Waals surface area contributed by atoms with Gasteiger partial charge in [-0.05, 0) is 19.8 Å². The summed E-state index contributed by atoms with van der Waals surface area (Å²) in [5, 5.41) is 13.8. The van der Waals surface area contributed by atoms with Crippen molar-refractivity contribution in [2.45, 2.75) is 33.6 Å². The Morgan fingerprint density at radius 2 is 2.06 bits per heavy atom. The SMILES string of the molecule is Cc1noc(C)c1-n1c(O)c(C(C)C)[nH]c1=O. The van der Waals surface area contributed by atoms with Crippen LogP contribution in [-0.2, 0) is 0 Å². The lowest BCUT2D eigenvalue weighted by atomic mass is 10.1. The van der Waals surface area contributed by atoms with Crippen LogP contribution in [0.1, 0.15) is 36.9 Å². The van der Waals surface area contributed by atoms with Crippen molar-refractivity contribution in [3.63, 3.8) is 0 Å². The predicted molar refractivity (Wildman–Crippen MR) is 61.7 cm³/mol. The van der Waals surface area contributed by atoms with E-state index in [0.29, 0.717) is 22.8 Å². The molecule has 17 heavy (non-hydrogen) atoms. The molecule has 0 aliphatic heterocycles. The Hall–Kier alpha value is -1.98. The van der Waals surface area contributed by atoms with Gasteiger partial charge in [0.1, 0.15) is 11.4 Å². The molecule has 0 saturated carbocycles. The minimum Gasteiger partial charge on any atom is -0.493 e. The van der Waals surface area contributed by atoms with Gasteiger partial charge in [-0.2, -0.15) is 0 Å². The fourth-order valence-corrected chi connectivity index (χ4v) is 1.85. The molecule has 6 heteroatoms. The molecule has 0 saturated heterocycles. The number of nitrogens with zero attached hydrogens (tertiary/aromatic N) is 2. The Bertz CT molecular complexity index is 584. The Balaban J connectivity index is 2.73. The zero-order valence-electron chi connectivity index (χ0n) is 10.2. The number of H-pyrrole nitrogens is 1. The van der Waals surface area contributed by atoms with Gasteiger partial charge in [0.2, 0.25) is 5.88 Å². The van der Waals surface area contributed by atoms with E-state index in [1.54, 1.807) is 13.8 Å². The second-order valence-corrected chi connectivity index (χ2v) is 4.33. The van der Waals surface area contributed by atoms with Crippen LogP contribution in [0.2, 0.25) is 0 Å². The summed E-state index contributed by atoms with van der Waals surface area (Å²) in [6.45, 7) is 7.20. The van der Waals surface area contributed by atoms with Crippen LogP contribution in [0.4, 0.5) is 0 Å². The van der Waals surface area contributed by atoms with E-state index in [1.807, 2.05) is 13.8 Å². The van der Waals surface area contributed by atoms with Crippen molar-refractivity contribution in [2.75, 3.05) is 0 Å². The molecule has 0 fully saturated rings. The van der Waals surface area contributed by atoms with Crippen LogP contribution in [0.25, 0.3) is 5.69 Å². The fraction of sp³-hybridized carbons (Fsp3) is 0.455.